The Bertz CT molecular complexity index is 1450. The van der Waals surface area contributed by atoms with Crippen molar-refractivity contribution in [3.8, 4) is 0 Å². The van der Waals surface area contributed by atoms with Gasteiger partial charge in [0.2, 0.25) is 5.91 Å². The number of amides is 1. The molecule has 3 aromatic rings. The molecule has 0 unspecified atom stereocenters. The number of rotatable bonds is 9. The number of aromatic nitrogens is 2. The summed E-state index contributed by atoms with van der Waals surface area (Å²) in [6.07, 6.45) is 1.83. The second-order valence-corrected chi connectivity index (χ2v) is 10.8. The molecule has 2 aliphatic rings. The highest BCUT2D eigenvalue weighted by molar-refractivity contribution is 8.03. The second kappa shape index (κ2) is 10.2. The molecule has 0 aliphatic carbocycles. The predicted molar refractivity (Wildman–Crippen MR) is 141 cm³/mol. The third-order valence-electron chi connectivity index (χ3n) is 7.28. The minimum atomic E-state index is -0.825. The number of hydrogen-bond donors (Lipinski definition) is 1. The fourth-order valence-electron chi connectivity index (χ4n) is 5.30. The lowest BCUT2D eigenvalue weighted by Gasteiger charge is -2.46. The Kier molecular flexibility index (Phi) is 6.97. The van der Waals surface area contributed by atoms with Crippen LogP contribution in [0.2, 0.25) is 0 Å². The van der Waals surface area contributed by atoms with Gasteiger partial charge < -0.3 is 19.1 Å². The highest BCUT2D eigenvalue weighted by atomic mass is 32.2. The van der Waals surface area contributed by atoms with E-state index in [1.165, 1.54) is 40.9 Å². The molecule has 5 rings (SSSR count). The standard InChI is InChI=1S/C27H28N4O6S/c1-15-23-22(17(3)32)26(33)30(23)24(27(34)37-14-18-7-9-19(10-8-18)31(35)36)25(15)38-13-11-20-16(2)29-12-5-4-6-21(29)28-20/h4-10,12,15,17,22-23,32H,11,13-14H2,1-3H3/t15-,17-,22-,23-/m1/s1. The molecular weight excluding hydrogens is 508 g/mol. The average molecular weight is 537 g/mol. The highest BCUT2D eigenvalue weighted by Gasteiger charge is 2.60. The van der Waals surface area contributed by atoms with Crippen LogP contribution in [0.5, 0.6) is 0 Å². The Hall–Kier alpha value is -3.70. The number of hydrogen-bond acceptors (Lipinski definition) is 8. The number of pyridine rings is 1. The lowest BCUT2D eigenvalue weighted by atomic mass is 9.79. The predicted octanol–water partition coefficient (Wildman–Crippen LogP) is 3.64. The van der Waals surface area contributed by atoms with Crippen LogP contribution in [0.15, 0.2) is 59.3 Å². The Balaban J connectivity index is 1.34. The molecule has 1 N–H and O–H groups in total. The van der Waals surface area contributed by atoms with E-state index in [0.717, 1.165) is 21.9 Å². The minimum Gasteiger partial charge on any atom is -0.456 e. The number of carbonyl (C=O) groups is 2. The number of thioether (sulfide) groups is 1. The molecular formula is C27H28N4O6S. The molecule has 11 heteroatoms. The third-order valence-corrected chi connectivity index (χ3v) is 8.57. The lowest BCUT2D eigenvalue weighted by molar-refractivity contribution is -0.384. The van der Waals surface area contributed by atoms with Gasteiger partial charge in [0.05, 0.1) is 28.7 Å². The van der Waals surface area contributed by atoms with Crippen LogP contribution in [0.1, 0.15) is 30.8 Å². The number of nitrogens with zero attached hydrogens (tertiary/aromatic N) is 4. The SMILES string of the molecule is Cc1c(CCSC2=C(C(=O)OCc3ccc([N+](=O)[O-])cc3)N3C(=O)[C@H]([C@@H](C)O)[C@H]3[C@H]2C)nc2ccccn12. The maximum atomic E-state index is 13.3. The van der Waals surface area contributed by atoms with Gasteiger partial charge in [0.15, 0.2) is 0 Å². The van der Waals surface area contributed by atoms with Crippen molar-refractivity contribution in [2.24, 2.45) is 11.8 Å². The van der Waals surface area contributed by atoms with Crippen molar-refractivity contribution in [1.29, 1.82) is 0 Å². The van der Waals surface area contributed by atoms with E-state index < -0.39 is 22.9 Å². The van der Waals surface area contributed by atoms with E-state index in [1.54, 1.807) is 6.92 Å². The molecule has 1 amide bonds. The fraction of sp³-hybridized carbons (Fsp3) is 0.370. The zero-order chi connectivity index (χ0) is 27.1. The second-order valence-electron chi connectivity index (χ2n) is 9.64. The first-order chi connectivity index (χ1) is 18.2. The van der Waals surface area contributed by atoms with Gasteiger partial charge in [-0.1, -0.05) is 13.0 Å². The first-order valence-electron chi connectivity index (χ1n) is 12.4. The van der Waals surface area contributed by atoms with E-state index in [9.17, 15) is 24.8 Å². The number of nitro groups is 1. The summed E-state index contributed by atoms with van der Waals surface area (Å²) in [7, 11) is 0. The summed E-state index contributed by atoms with van der Waals surface area (Å²) in [5, 5.41) is 21.1. The maximum absolute atomic E-state index is 13.3. The number of non-ortho nitro benzene ring substituents is 1. The number of ether oxygens (including phenoxy) is 1. The van der Waals surface area contributed by atoms with E-state index in [4.69, 9.17) is 9.72 Å². The average Bonchev–Trinajstić information content (AvgIpc) is 3.34. The summed E-state index contributed by atoms with van der Waals surface area (Å²) in [6, 6.07) is 11.3. The molecule has 4 heterocycles. The quantitative estimate of drug-likeness (QED) is 0.190. The van der Waals surface area contributed by atoms with Gasteiger partial charge in [0.1, 0.15) is 18.0 Å². The van der Waals surface area contributed by atoms with E-state index in [2.05, 4.69) is 0 Å². The summed E-state index contributed by atoms with van der Waals surface area (Å²) >= 11 is 1.51. The fourth-order valence-corrected chi connectivity index (χ4v) is 6.53. The Morgan fingerprint density at radius 2 is 2.00 bits per heavy atom. The van der Waals surface area contributed by atoms with Crippen molar-refractivity contribution < 1.29 is 24.4 Å². The number of imidazole rings is 1. The van der Waals surface area contributed by atoms with Gasteiger partial charge >= 0.3 is 5.97 Å². The van der Waals surface area contributed by atoms with E-state index in [0.29, 0.717) is 17.7 Å². The molecule has 10 nitrogen and oxygen atoms in total. The van der Waals surface area contributed by atoms with E-state index in [1.807, 2.05) is 42.6 Å². The Morgan fingerprint density at radius 3 is 2.66 bits per heavy atom. The van der Waals surface area contributed by atoms with Crippen molar-refractivity contribution in [2.45, 2.75) is 45.9 Å². The molecule has 1 fully saturated rings. The highest BCUT2D eigenvalue weighted by Crippen LogP contribution is 2.50. The van der Waals surface area contributed by atoms with Gasteiger partial charge in [0, 0.05) is 47.0 Å². The Labute approximate surface area is 223 Å². The number of aliphatic hydroxyl groups excluding tert-OH is 1. The Morgan fingerprint density at radius 1 is 1.26 bits per heavy atom. The number of nitro benzene ring substituents is 1. The van der Waals surface area contributed by atoms with Crippen molar-refractivity contribution >= 4 is 35.0 Å². The van der Waals surface area contributed by atoms with Crippen molar-refractivity contribution in [1.82, 2.24) is 14.3 Å². The van der Waals surface area contributed by atoms with Crippen LogP contribution in [0.25, 0.3) is 5.65 Å². The normalized spacial score (nSPS) is 21.4. The van der Waals surface area contributed by atoms with Crippen LogP contribution < -0.4 is 0 Å². The summed E-state index contributed by atoms with van der Waals surface area (Å²) in [6.45, 7) is 5.50. The zero-order valence-electron chi connectivity index (χ0n) is 21.2. The van der Waals surface area contributed by atoms with Gasteiger partial charge in [-0.25, -0.2) is 9.78 Å². The van der Waals surface area contributed by atoms with Gasteiger partial charge in [-0.2, -0.15) is 0 Å². The monoisotopic (exact) mass is 536 g/mol. The largest absolute Gasteiger partial charge is 0.456 e. The number of aryl methyl sites for hydroxylation is 2. The summed E-state index contributed by atoms with van der Waals surface area (Å²) < 4.78 is 7.60. The molecule has 2 aromatic heterocycles. The van der Waals surface area contributed by atoms with Crippen molar-refractivity contribution in [2.75, 3.05) is 5.75 Å². The van der Waals surface area contributed by atoms with E-state index >= 15 is 0 Å². The number of aliphatic hydroxyl groups is 1. The van der Waals surface area contributed by atoms with Crippen LogP contribution in [-0.4, -0.2) is 54.1 Å². The number of fused-ring (bicyclic) bond motifs is 2. The van der Waals surface area contributed by atoms with Crippen LogP contribution >= 0.6 is 11.8 Å². The molecule has 0 radical (unpaired) electrons. The molecule has 1 aromatic carbocycles. The number of β-lactam (4-membered cyclic amide) rings is 1. The maximum Gasteiger partial charge on any atom is 0.356 e. The van der Waals surface area contributed by atoms with E-state index in [-0.39, 0.29) is 35.9 Å². The minimum absolute atomic E-state index is 0.0508. The third kappa shape index (κ3) is 4.45. The molecule has 0 saturated carbocycles. The van der Waals surface area contributed by atoms with Crippen LogP contribution in [-0.2, 0) is 27.4 Å². The van der Waals surface area contributed by atoms with Crippen molar-refractivity contribution in [3.63, 3.8) is 0 Å². The van der Waals surface area contributed by atoms with Gasteiger partial charge in [-0.15, -0.1) is 11.8 Å². The molecule has 0 spiro atoms. The summed E-state index contributed by atoms with van der Waals surface area (Å²) in [4.78, 5) is 43.6. The molecule has 4 atom stereocenters. The first kappa shape index (κ1) is 25.9. The van der Waals surface area contributed by atoms with Crippen LogP contribution in [0, 0.1) is 28.9 Å². The number of carbonyl (C=O) groups excluding carboxylic acids is 2. The molecule has 0 bridgehead atoms. The van der Waals surface area contributed by atoms with Gasteiger partial charge in [-0.3, -0.25) is 14.9 Å². The first-order valence-corrected chi connectivity index (χ1v) is 13.4. The smallest absolute Gasteiger partial charge is 0.356 e. The summed E-state index contributed by atoms with van der Waals surface area (Å²) in [5.74, 6) is -0.965. The van der Waals surface area contributed by atoms with Crippen LogP contribution in [0.3, 0.4) is 0 Å². The molecule has 2 aliphatic heterocycles. The molecule has 38 heavy (non-hydrogen) atoms. The molecule has 198 valence electrons. The zero-order valence-corrected chi connectivity index (χ0v) is 22.1. The van der Waals surface area contributed by atoms with Gasteiger partial charge in [-0.05, 0) is 43.7 Å². The van der Waals surface area contributed by atoms with Crippen LogP contribution in [0.4, 0.5) is 5.69 Å². The topological polar surface area (TPSA) is 127 Å². The summed E-state index contributed by atoms with van der Waals surface area (Å²) in [5.41, 5.74) is 3.68. The number of esters is 1. The molecule has 1 saturated heterocycles. The van der Waals surface area contributed by atoms with Crippen molar-refractivity contribution in [3.05, 3.63) is 86.3 Å². The number of benzene rings is 1. The van der Waals surface area contributed by atoms with Gasteiger partial charge in [0.25, 0.3) is 5.69 Å². The lowest BCUT2D eigenvalue weighted by Crippen LogP contribution is -2.63.